The standard InChI is InChI=1S/C21H26N4OS/c1-13-19(16-9-4-5-10-17(16)22-13)18-12-27-21(23-18)24-20(26)14-7-6-8-15(11-14)25(2)3/h4-5,9-10,12,14-15,22H,6-8,11H2,1-3H3,(H,23,24,26). The van der Waals surface area contributed by atoms with Crippen molar-refractivity contribution in [3.05, 3.63) is 35.3 Å². The molecule has 5 nitrogen and oxygen atoms in total. The molecule has 2 N–H and O–H groups in total. The molecule has 0 bridgehead atoms. The van der Waals surface area contributed by atoms with Crippen LogP contribution < -0.4 is 5.32 Å². The number of para-hydroxylation sites is 1. The first-order valence-electron chi connectivity index (χ1n) is 9.53. The van der Waals surface area contributed by atoms with E-state index < -0.39 is 0 Å². The van der Waals surface area contributed by atoms with Gasteiger partial charge < -0.3 is 15.2 Å². The zero-order valence-corrected chi connectivity index (χ0v) is 16.9. The summed E-state index contributed by atoms with van der Waals surface area (Å²) >= 11 is 1.50. The number of anilines is 1. The highest BCUT2D eigenvalue weighted by Crippen LogP contribution is 2.34. The fourth-order valence-corrected chi connectivity index (χ4v) is 4.84. The van der Waals surface area contributed by atoms with E-state index in [1.807, 2.05) is 17.5 Å². The summed E-state index contributed by atoms with van der Waals surface area (Å²) in [4.78, 5) is 23.1. The van der Waals surface area contributed by atoms with Gasteiger partial charge in [0.15, 0.2) is 5.13 Å². The molecule has 2 aromatic heterocycles. The molecule has 1 saturated carbocycles. The van der Waals surface area contributed by atoms with Crippen LogP contribution in [0.15, 0.2) is 29.6 Å². The van der Waals surface area contributed by atoms with E-state index in [-0.39, 0.29) is 11.8 Å². The highest BCUT2D eigenvalue weighted by molar-refractivity contribution is 7.14. The van der Waals surface area contributed by atoms with Crippen LogP contribution in [0.4, 0.5) is 5.13 Å². The molecule has 3 aromatic rings. The number of nitrogens with zero attached hydrogens (tertiary/aromatic N) is 2. The average Bonchev–Trinajstić information content (AvgIpc) is 3.24. The SMILES string of the molecule is Cc1[nH]c2ccccc2c1-c1csc(NC(=O)C2CCCC(N(C)C)C2)n1. The molecule has 0 radical (unpaired) electrons. The highest BCUT2D eigenvalue weighted by Gasteiger charge is 2.28. The molecular weight excluding hydrogens is 356 g/mol. The van der Waals surface area contributed by atoms with Crippen molar-refractivity contribution in [3.63, 3.8) is 0 Å². The lowest BCUT2D eigenvalue weighted by Gasteiger charge is -2.32. The molecule has 2 heterocycles. The summed E-state index contributed by atoms with van der Waals surface area (Å²) in [5, 5.41) is 6.94. The smallest absolute Gasteiger partial charge is 0.229 e. The average molecular weight is 383 g/mol. The van der Waals surface area contributed by atoms with Gasteiger partial charge in [-0.2, -0.15) is 0 Å². The van der Waals surface area contributed by atoms with Gasteiger partial charge in [-0.25, -0.2) is 4.98 Å². The van der Waals surface area contributed by atoms with Crippen LogP contribution in [0.5, 0.6) is 0 Å². The van der Waals surface area contributed by atoms with Crippen molar-refractivity contribution in [2.45, 2.75) is 38.6 Å². The van der Waals surface area contributed by atoms with Crippen molar-refractivity contribution >= 4 is 33.3 Å². The van der Waals surface area contributed by atoms with Gasteiger partial charge in [0, 0.05) is 39.5 Å². The number of fused-ring (bicyclic) bond motifs is 1. The van der Waals surface area contributed by atoms with Gasteiger partial charge in [-0.3, -0.25) is 4.79 Å². The molecule has 1 amide bonds. The van der Waals surface area contributed by atoms with Crippen LogP contribution >= 0.6 is 11.3 Å². The van der Waals surface area contributed by atoms with Crippen molar-refractivity contribution in [2.24, 2.45) is 5.92 Å². The number of nitrogens with one attached hydrogen (secondary N) is 2. The van der Waals surface area contributed by atoms with E-state index in [4.69, 9.17) is 4.98 Å². The molecule has 0 saturated heterocycles. The zero-order chi connectivity index (χ0) is 19.0. The predicted molar refractivity (Wildman–Crippen MR) is 112 cm³/mol. The first-order chi connectivity index (χ1) is 13.0. The highest BCUT2D eigenvalue weighted by atomic mass is 32.1. The van der Waals surface area contributed by atoms with Gasteiger partial charge in [0.25, 0.3) is 0 Å². The number of aryl methyl sites for hydroxylation is 1. The third kappa shape index (κ3) is 3.64. The first kappa shape index (κ1) is 18.2. The van der Waals surface area contributed by atoms with Crippen molar-refractivity contribution in [2.75, 3.05) is 19.4 Å². The van der Waals surface area contributed by atoms with Gasteiger partial charge in [0.1, 0.15) is 0 Å². The molecule has 142 valence electrons. The Morgan fingerprint density at radius 1 is 1.30 bits per heavy atom. The normalized spacial score (nSPS) is 20.3. The van der Waals surface area contributed by atoms with Crippen LogP contribution in [0.1, 0.15) is 31.4 Å². The Bertz CT molecular complexity index is 958. The Hall–Kier alpha value is -2.18. The molecule has 4 rings (SSSR count). The van der Waals surface area contributed by atoms with Crippen molar-refractivity contribution in [3.8, 4) is 11.3 Å². The third-order valence-corrected chi connectivity index (χ3v) is 6.39. The van der Waals surface area contributed by atoms with Crippen LogP contribution in [0, 0.1) is 12.8 Å². The van der Waals surface area contributed by atoms with Gasteiger partial charge in [0.2, 0.25) is 5.91 Å². The lowest BCUT2D eigenvalue weighted by atomic mass is 9.84. The topological polar surface area (TPSA) is 61.0 Å². The fourth-order valence-electron chi connectivity index (χ4n) is 4.13. The Morgan fingerprint density at radius 2 is 2.11 bits per heavy atom. The number of benzene rings is 1. The maximum atomic E-state index is 12.7. The fraction of sp³-hybridized carbons (Fsp3) is 0.429. The number of thiazole rings is 1. The number of hydrogen-bond acceptors (Lipinski definition) is 4. The van der Waals surface area contributed by atoms with Gasteiger partial charge in [-0.15, -0.1) is 11.3 Å². The van der Waals surface area contributed by atoms with Crippen LogP contribution in [0.3, 0.4) is 0 Å². The number of aromatic amines is 1. The van der Waals surface area contributed by atoms with E-state index in [9.17, 15) is 4.79 Å². The number of rotatable bonds is 4. The minimum Gasteiger partial charge on any atom is -0.358 e. The molecular formula is C21H26N4OS. The summed E-state index contributed by atoms with van der Waals surface area (Å²) in [5.74, 6) is 0.187. The summed E-state index contributed by atoms with van der Waals surface area (Å²) in [6, 6.07) is 8.74. The van der Waals surface area contributed by atoms with Gasteiger partial charge in [0.05, 0.1) is 5.69 Å². The number of hydrogen-bond donors (Lipinski definition) is 2. The number of carbonyl (C=O) groups excluding carboxylic acids is 1. The second-order valence-corrected chi connectivity index (χ2v) is 8.54. The third-order valence-electron chi connectivity index (χ3n) is 5.63. The molecule has 1 aliphatic rings. The predicted octanol–water partition coefficient (Wildman–Crippen LogP) is 4.66. The Balaban J connectivity index is 1.51. The van der Waals surface area contributed by atoms with E-state index in [2.05, 4.69) is 48.4 Å². The summed E-state index contributed by atoms with van der Waals surface area (Å²) in [5.41, 5.74) is 4.24. The Morgan fingerprint density at radius 3 is 2.93 bits per heavy atom. The van der Waals surface area contributed by atoms with E-state index in [1.54, 1.807) is 0 Å². The van der Waals surface area contributed by atoms with Crippen LogP contribution in [-0.4, -0.2) is 40.9 Å². The molecule has 1 fully saturated rings. The van der Waals surface area contributed by atoms with Crippen molar-refractivity contribution in [1.29, 1.82) is 0 Å². The van der Waals surface area contributed by atoms with E-state index >= 15 is 0 Å². The zero-order valence-electron chi connectivity index (χ0n) is 16.1. The minimum atomic E-state index is 0.0772. The first-order valence-corrected chi connectivity index (χ1v) is 10.4. The Kier molecular flexibility index (Phi) is 5.02. The number of carbonyl (C=O) groups is 1. The summed E-state index contributed by atoms with van der Waals surface area (Å²) < 4.78 is 0. The maximum Gasteiger partial charge on any atom is 0.229 e. The van der Waals surface area contributed by atoms with E-state index in [0.717, 1.165) is 41.7 Å². The number of amides is 1. The molecule has 1 aromatic carbocycles. The molecule has 6 heteroatoms. The second kappa shape index (κ2) is 7.44. The summed E-state index contributed by atoms with van der Waals surface area (Å²) in [6.45, 7) is 2.07. The monoisotopic (exact) mass is 382 g/mol. The number of aromatic nitrogens is 2. The van der Waals surface area contributed by atoms with Crippen LogP contribution in [0.25, 0.3) is 22.2 Å². The van der Waals surface area contributed by atoms with Gasteiger partial charge >= 0.3 is 0 Å². The van der Waals surface area contributed by atoms with Crippen molar-refractivity contribution < 1.29 is 4.79 Å². The summed E-state index contributed by atoms with van der Waals surface area (Å²) in [7, 11) is 4.20. The van der Waals surface area contributed by atoms with Crippen LogP contribution in [-0.2, 0) is 4.79 Å². The van der Waals surface area contributed by atoms with E-state index in [0.29, 0.717) is 11.2 Å². The molecule has 2 unspecified atom stereocenters. The van der Waals surface area contributed by atoms with Crippen LogP contribution in [0.2, 0.25) is 0 Å². The largest absolute Gasteiger partial charge is 0.358 e. The Labute approximate surface area is 163 Å². The second-order valence-electron chi connectivity index (χ2n) is 7.68. The lowest BCUT2D eigenvalue weighted by Crippen LogP contribution is -2.37. The van der Waals surface area contributed by atoms with Crippen molar-refractivity contribution in [1.82, 2.24) is 14.9 Å². The quantitative estimate of drug-likeness (QED) is 0.690. The minimum absolute atomic E-state index is 0.0772. The molecule has 27 heavy (non-hydrogen) atoms. The molecule has 0 aliphatic heterocycles. The van der Waals surface area contributed by atoms with Gasteiger partial charge in [-0.05, 0) is 46.3 Å². The number of H-pyrrole nitrogens is 1. The molecule has 0 spiro atoms. The molecule has 1 aliphatic carbocycles. The lowest BCUT2D eigenvalue weighted by molar-refractivity contribution is -0.121. The maximum absolute atomic E-state index is 12.7. The summed E-state index contributed by atoms with van der Waals surface area (Å²) in [6.07, 6.45) is 4.19. The molecule has 2 atom stereocenters. The van der Waals surface area contributed by atoms with Gasteiger partial charge in [-0.1, -0.05) is 24.6 Å². The van der Waals surface area contributed by atoms with E-state index in [1.165, 1.54) is 23.1 Å².